The number of rotatable bonds is 9. The molecule has 5 atom stereocenters. The molecule has 1 aliphatic carbocycles. The standard InChI is InChI=1S/C33H47N5O4/c1-22(2)23-10-12-25(13-11-23)34-30(39)27-26-14-15-33(42-26)28(27)32(41)38(17-7-16-37-20-18-36(3)19-21-37)29(33)31(40)35-24-8-5-4-6-9-24/h10-15,22,24,26-29H,4-9,16-21H2,1-3H3,(H,34,39)(H,35,40). The van der Waals surface area contributed by atoms with Crippen LogP contribution < -0.4 is 10.6 Å². The third-order valence-electron chi connectivity index (χ3n) is 10.2. The Morgan fingerprint density at radius 2 is 1.71 bits per heavy atom. The van der Waals surface area contributed by atoms with Crippen molar-refractivity contribution >= 4 is 23.4 Å². The molecule has 3 amide bonds. The van der Waals surface area contributed by atoms with Crippen LogP contribution in [0.15, 0.2) is 36.4 Å². The molecule has 228 valence electrons. The van der Waals surface area contributed by atoms with Crippen molar-refractivity contribution in [3.05, 3.63) is 42.0 Å². The number of nitrogens with one attached hydrogen (secondary N) is 2. The number of carbonyl (C=O) groups is 3. The maximum absolute atomic E-state index is 14.2. The average molecular weight is 578 g/mol. The summed E-state index contributed by atoms with van der Waals surface area (Å²) in [4.78, 5) is 48.5. The molecule has 0 radical (unpaired) electrons. The maximum atomic E-state index is 14.2. The van der Waals surface area contributed by atoms with Crippen LogP contribution in [0, 0.1) is 11.8 Å². The number of amides is 3. The van der Waals surface area contributed by atoms with E-state index in [2.05, 4.69) is 41.3 Å². The van der Waals surface area contributed by atoms with Crippen molar-refractivity contribution in [3.8, 4) is 0 Å². The molecule has 9 heteroatoms. The zero-order valence-corrected chi connectivity index (χ0v) is 25.4. The van der Waals surface area contributed by atoms with Gasteiger partial charge in [0, 0.05) is 44.5 Å². The Kier molecular flexibility index (Phi) is 8.44. The molecule has 5 unspecified atom stereocenters. The first-order valence-electron chi connectivity index (χ1n) is 16.1. The third-order valence-corrected chi connectivity index (χ3v) is 10.2. The molecule has 2 bridgehead atoms. The van der Waals surface area contributed by atoms with Gasteiger partial charge in [-0.15, -0.1) is 0 Å². The number of piperazine rings is 1. The van der Waals surface area contributed by atoms with Crippen LogP contribution in [0.3, 0.4) is 0 Å². The molecule has 3 saturated heterocycles. The fourth-order valence-corrected chi connectivity index (χ4v) is 7.75. The van der Waals surface area contributed by atoms with E-state index in [4.69, 9.17) is 4.74 Å². The molecule has 9 nitrogen and oxygen atoms in total. The summed E-state index contributed by atoms with van der Waals surface area (Å²) < 4.78 is 6.53. The van der Waals surface area contributed by atoms with Crippen molar-refractivity contribution in [3.63, 3.8) is 0 Å². The lowest BCUT2D eigenvalue weighted by Crippen LogP contribution is -2.56. The van der Waals surface area contributed by atoms with Gasteiger partial charge in [-0.2, -0.15) is 0 Å². The summed E-state index contributed by atoms with van der Waals surface area (Å²) >= 11 is 0. The second-order valence-corrected chi connectivity index (χ2v) is 13.3. The van der Waals surface area contributed by atoms with Gasteiger partial charge in [-0.05, 0) is 56.5 Å². The van der Waals surface area contributed by atoms with Crippen LogP contribution in [-0.2, 0) is 19.1 Å². The summed E-state index contributed by atoms with van der Waals surface area (Å²) in [5.41, 5.74) is 0.784. The molecule has 1 spiro atoms. The van der Waals surface area contributed by atoms with E-state index in [1.54, 1.807) is 4.90 Å². The summed E-state index contributed by atoms with van der Waals surface area (Å²) in [6, 6.07) is 7.22. The minimum absolute atomic E-state index is 0.125. The molecule has 1 saturated carbocycles. The van der Waals surface area contributed by atoms with Crippen LogP contribution in [0.1, 0.15) is 63.9 Å². The number of nitrogens with zero attached hydrogens (tertiary/aromatic N) is 3. The number of hydrogen-bond donors (Lipinski definition) is 2. The smallest absolute Gasteiger partial charge is 0.246 e. The highest BCUT2D eigenvalue weighted by molar-refractivity contribution is 6.02. The molecular weight excluding hydrogens is 530 g/mol. The van der Waals surface area contributed by atoms with Crippen LogP contribution in [0.25, 0.3) is 0 Å². The lowest BCUT2D eigenvalue weighted by molar-refractivity contribution is -0.141. The number of ether oxygens (including phenoxy) is 1. The number of carbonyl (C=O) groups excluding carboxylic acids is 3. The predicted molar refractivity (Wildman–Crippen MR) is 162 cm³/mol. The minimum atomic E-state index is -1.11. The number of likely N-dealkylation sites (N-methyl/N-ethyl adjacent to an activating group) is 1. The first-order valence-corrected chi connectivity index (χ1v) is 16.1. The SMILES string of the molecule is CC(C)c1ccc(NC(=O)C2C3C=CC4(O3)C2C(=O)N(CCCN2CCN(C)CC2)C4C(=O)NC2CCCCC2)cc1. The van der Waals surface area contributed by atoms with Crippen molar-refractivity contribution in [1.29, 1.82) is 0 Å². The molecule has 42 heavy (non-hydrogen) atoms. The molecule has 0 aromatic heterocycles. The van der Waals surface area contributed by atoms with Crippen LogP contribution in [0.5, 0.6) is 0 Å². The molecule has 6 rings (SSSR count). The van der Waals surface area contributed by atoms with Crippen LogP contribution in [-0.4, -0.2) is 103 Å². The number of anilines is 1. The van der Waals surface area contributed by atoms with Crippen molar-refractivity contribution in [2.75, 3.05) is 51.6 Å². The van der Waals surface area contributed by atoms with Crippen LogP contribution >= 0.6 is 0 Å². The first kappa shape index (κ1) is 29.3. The Bertz CT molecular complexity index is 1190. The van der Waals surface area contributed by atoms with Crippen molar-refractivity contribution in [2.24, 2.45) is 11.8 Å². The Hall–Kier alpha value is -2.75. The van der Waals surface area contributed by atoms with E-state index in [0.29, 0.717) is 18.2 Å². The fourth-order valence-electron chi connectivity index (χ4n) is 7.75. The van der Waals surface area contributed by atoms with Gasteiger partial charge < -0.3 is 30.1 Å². The third kappa shape index (κ3) is 5.51. The number of hydrogen-bond acceptors (Lipinski definition) is 6. The lowest BCUT2D eigenvalue weighted by Gasteiger charge is -2.35. The Morgan fingerprint density at radius 1 is 1.00 bits per heavy atom. The quantitative estimate of drug-likeness (QED) is 0.439. The van der Waals surface area contributed by atoms with Gasteiger partial charge in [-0.1, -0.05) is 57.4 Å². The molecule has 2 N–H and O–H groups in total. The highest BCUT2D eigenvalue weighted by Crippen LogP contribution is 2.55. The molecule has 4 fully saturated rings. The largest absolute Gasteiger partial charge is 0.359 e. The van der Waals surface area contributed by atoms with Gasteiger partial charge in [0.1, 0.15) is 11.6 Å². The highest BCUT2D eigenvalue weighted by Gasteiger charge is 2.72. The average Bonchev–Trinajstić information content (AvgIpc) is 3.62. The van der Waals surface area contributed by atoms with Gasteiger partial charge in [0.2, 0.25) is 17.7 Å². The van der Waals surface area contributed by atoms with E-state index in [0.717, 1.165) is 64.8 Å². The first-order chi connectivity index (χ1) is 20.3. The predicted octanol–water partition coefficient (Wildman–Crippen LogP) is 2.99. The van der Waals surface area contributed by atoms with E-state index < -0.39 is 29.6 Å². The highest BCUT2D eigenvalue weighted by atomic mass is 16.5. The summed E-state index contributed by atoms with van der Waals surface area (Å²) in [5.74, 6) is -1.51. The van der Waals surface area contributed by atoms with Gasteiger partial charge in [-0.25, -0.2) is 0 Å². The zero-order valence-electron chi connectivity index (χ0n) is 25.4. The number of benzene rings is 1. The molecule has 4 aliphatic heterocycles. The van der Waals surface area contributed by atoms with Gasteiger partial charge in [-0.3, -0.25) is 14.4 Å². The van der Waals surface area contributed by atoms with Crippen molar-refractivity contribution in [2.45, 2.75) is 82.1 Å². The molecule has 1 aromatic rings. The summed E-state index contributed by atoms with van der Waals surface area (Å²) in [6.45, 7) is 9.72. The topological polar surface area (TPSA) is 94.2 Å². The van der Waals surface area contributed by atoms with Crippen molar-refractivity contribution in [1.82, 2.24) is 20.0 Å². The van der Waals surface area contributed by atoms with E-state index in [9.17, 15) is 14.4 Å². The molecule has 5 aliphatic rings. The summed E-state index contributed by atoms with van der Waals surface area (Å²) in [5, 5.41) is 6.33. The summed E-state index contributed by atoms with van der Waals surface area (Å²) in [7, 11) is 2.14. The molecular formula is C33H47N5O4. The van der Waals surface area contributed by atoms with E-state index in [1.165, 1.54) is 12.0 Å². The Morgan fingerprint density at radius 3 is 2.40 bits per heavy atom. The summed E-state index contributed by atoms with van der Waals surface area (Å²) in [6.07, 6.45) is 9.40. The fraction of sp³-hybridized carbons (Fsp3) is 0.667. The van der Waals surface area contributed by atoms with Crippen LogP contribution in [0.4, 0.5) is 5.69 Å². The molecule has 1 aromatic carbocycles. The zero-order chi connectivity index (χ0) is 29.4. The lowest BCUT2D eigenvalue weighted by atomic mass is 9.74. The van der Waals surface area contributed by atoms with Gasteiger partial charge in [0.25, 0.3) is 0 Å². The Balaban J connectivity index is 1.21. The normalized spacial score (nSPS) is 31.6. The number of likely N-dealkylation sites (tertiary alicyclic amines) is 1. The van der Waals surface area contributed by atoms with Gasteiger partial charge in [0.15, 0.2) is 0 Å². The van der Waals surface area contributed by atoms with E-state index in [-0.39, 0.29) is 23.8 Å². The monoisotopic (exact) mass is 577 g/mol. The van der Waals surface area contributed by atoms with Crippen LogP contribution in [0.2, 0.25) is 0 Å². The number of fused-ring (bicyclic) bond motifs is 1. The maximum Gasteiger partial charge on any atom is 0.246 e. The van der Waals surface area contributed by atoms with E-state index in [1.807, 2.05) is 36.4 Å². The van der Waals surface area contributed by atoms with E-state index >= 15 is 0 Å². The van der Waals surface area contributed by atoms with Gasteiger partial charge >= 0.3 is 0 Å². The Labute approximate surface area is 250 Å². The molecule has 4 heterocycles. The second kappa shape index (κ2) is 12.1. The second-order valence-electron chi connectivity index (χ2n) is 13.3. The van der Waals surface area contributed by atoms with Crippen molar-refractivity contribution < 1.29 is 19.1 Å². The van der Waals surface area contributed by atoms with Gasteiger partial charge in [0.05, 0.1) is 17.9 Å². The minimum Gasteiger partial charge on any atom is -0.359 e.